The number of halogens is 1. The van der Waals surface area contributed by atoms with Crippen molar-refractivity contribution in [2.24, 2.45) is 4.99 Å². The molecule has 2 N–H and O–H groups in total. The van der Waals surface area contributed by atoms with Crippen LogP contribution < -0.4 is 10.6 Å². The molecule has 1 aromatic carbocycles. The highest BCUT2D eigenvalue weighted by Crippen LogP contribution is 2.48. The number of rotatable bonds is 6. The quantitative estimate of drug-likeness (QED) is 0.608. The summed E-state index contributed by atoms with van der Waals surface area (Å²) < 4.78 is 14.1. The smallest absolute Gasteiger partial charge is 0.191 e. The summed E-state index contributed by atoms with van der Waals surface area (Å²) in [5, 5.41) is 9.87. The van der Waals surface area contributed by atoms with E-state index in [9.17, 15) is 4.39 Å². The van der Waals surface area contributed by atoms with E-state index in [1.54, 1.807) is 24.5 Å². The Bertz CT molecular complexity index is 749. The van der Waals surface area contributed by atoms with Crippen molar-refractivity contribution < 1.29 is 4.39 Å². The first-order valence-electron chi connectivity index (χ1n) is 8.68. The molecule has 134 valence electrons. The second-order valence-electron chi connectivity index (χ2n) is 6.87. The third-order valence-electron chi connectivity index (χ3n) is 4.62. The first kappa shape index (κ1) is 17.9. The van der Waals surface area contributed by atoms with Crippen molar-refractivity contribution in [3.05, 3.63) is 51.7 Å². The Balaban J connectivity index is 1.55. The molecule has 1 aliphatic rings. The van der Waals surface area contributed by atoms with Gasteiger partial charge in [-0.25, -0.2) is 9.37 Å². The van der Waals surface area contributed by atoms with Gasteiger partial charge in [-0.2, -0.15) is 0 Å². The van der Waals surface area contributed by atoms with Crippen molar-refractivity contribution in [2.45, 2.75) is 44.6 Å². The molecule has 0 unspecified atom stereocenters. The second-order valence-corrected chi connectivity index (χ2v) is 7.76. The molecule has 0 aliphatic heterocycles. The van der Waals surface area contributed by atoms with Crippen LogP contribution in [-0.2, 0) is 12.0 Å². The fourth-order valence-corrected chi connectivity index (χ4v) is 3.74. The summed E-state index contributed by atoms with van der Waals surface area (Å²) in [6.45, 7) is 5.61. The molecule has 6 heteroatoms. The highest BCUT2D eigenvalue weighted by atomic mass is 32.1. The monoisotopic (exact) mass is 360 g/mol. The maximum Gasteiger partial charge on any atom is 0.191 e. The lowest BCUT2D eigenvalue weighted by Crippen LogP contribution is -2.41. The highest BCUT2D eigenvalue weighted by Gasteiger charge is 2.45. The molecule has 0 spiro atoms. The topological polar surface area (TPSA) is 49.3 Å². The summed E-state index contributed by atoms with van der Waals surface area (Å²) in [4.78, 5) is 8.89. The van der Waals surface area contributed by atoms with Gasteiger partial charge in [0.15, 0.2) is 5.96 Å². The predicted molar refractivity (Wildman–Crippen MR) is 102 cm³/mol. The summed E-state index contributed by atoms with van der Waals surface area (Å²) >= 11 is 1.69. The molecule has 2 aromatic rings. The summed E-state index contributed by atoms with van der Waals surface area (Å²) in [5.74, 6) is 1.06. The summed E-state index contributed by atoms with van der Waals surface area (Å²) in [5.41, 5.74) is 1.72. The van der Waals surface area contributed by atoms with Gasteiger partial charge in [0.05, 0.1) is 17.2 Å². The predicted octanol–water partition coefficient (Wildman–Crippen LogP) is 3.80. The van der Waals surface area contributed by atoms with E-state index in [-0.39, 0.29) is 11.2 Å². The Morgan fingerprint density at radius 2 is 2.08 bits per heavy atom. The number of guanidine groups is 1. The van der Waals surface area contributed by atoms with Crippen LogP contribution in [0.3, 0.4) is 0 Å². The second kappa shape index (κ2) is 7.52. The summed E-state index contributed by atoms with van der Waals surface area (Å²) in [7, 11) is 1.75. The Morgan fingerprint density at radius 3 is 2.68 bits per heavy atom. The Kier molecular flexibility index (Phi) is 5.37. The number of aromatic nitrogens is 1. The standard InChI is InChI=1S/C19H25FN4S/c1-13(2)17-24-14(11-25-17)10-22-18(21-3)23-12-19(8-9-19)15-6-4-5-7-16(15)20/h4-7,11,13H,8-10,12H2,1-3H3,(H2,21,22,23). The van der Waals surface area contributed by atoms with E-state index in [4.69, 9.17) is 0 Å². The third kappa shape index (κ3) is 4.18. The molecule has 4 nitrogen and oxygen atoms in total. The lowest BCUT2D eigenvalue weighted by Gasteiger charge is -2.19. The maximum absolute atomic E-state index is 14.1. The minimum Gasteiger partial charge on any atom is -0.356 e. The van der Waals surface area contributed by atoms with Gasteiger partial charge in [0.1, 0.15) is 5.82 Å². The third-order valence-corrected chi connectivity index (χ3v) is 5.81. The van der Waals surface area contributed by atoms with E-state index in [0.717, 1.165) is 35.1 Å². The van der Waals surface area contributed by atoms with Crippen molar-refractivity contribution in [3.8, 4) is 0 Å². The van der Waals surface area contributed by atoms with Crippen LogP contribution in [0.1, 0.15) is 48.9 Å². The van der Waals surface area contributed by atoms with Gasteiger partial charge in [-0.15, -0.1) is 11.3 Å². The number of benzene rings is 1. The van der Waals surface area contributed by atoms with Crippen LogP contribution in [0.5, 0.6) is 0 Å². The van der Waals surface area contributed by atoms with Crippen LogP contribution in [0.4, 0.5) is 4.39 Å². The van der Waals surface area contributed by atoms with Crippen LogP contribution in [0, 0.1) is 5.82 Å². The van der Waals surface area contributed by atoms with Gasteiger partial charge in [0.2, 0.25) is 0 Å². The van der Waals surface area contributed by atoms with Crippen molar-refractivity contribution in [1.82, 2.24) is 15.6 Å². The molecule has 1 fully saturated rings. The van der Waals surface area contributed by atoms with Gasteiger partial charge in [0.25, 0.3) is 0 Å². The molecule has 0 radical (unpaired) electrons. The zero-order valence-corrected chi connectivity index (χ0v) is 15.8. The molecule has 0 bridgehead atoms. The molecule has 0 amide bonds. The average Bonchev–Trinajstić information content (AvgIpc) is 3.23. The Morgan fingerprint density at radius 1 is 1.32 bits per heavy atom. The van der Waals surface area contributed by atoms with Gasteiger partial charge >= 0.3 is 0 Å². The fraction of sp³-hybridized carbons (Fsp3) is 0.474. The molecule has 3 rings (SSSR count). The summed E-state index contributed by atoms with van der Waals surface area (Å²) in [6.07, 6.45) is 2.00. The zero-order chi connectivity index (χ0) is 17.9. The molecule has 25 heavy (non-hydrogen) atoms. The Hall–Kier alpha value is -1.95. The number of hydrogen-bond acceptors (Lipinski definition) is 3. The Labute approximate surface area is 152 Å². The zero-order valence-electron chi connectivity index (χ0n) is 15.0. The van der Waals surface area contributed by atoms with Gasteiger partial charge in [-0.3, -0.25) is 4.99 Å². The summed E-state index contributed by atoms with van der Waals surface area (Å²) in [6, 6.07) is 7.07. The number of hydrogen-bond donors (Lipinski definition) is 2. The van der Waals surface area contributed by atoms with Crippen LogP contribution in [-0.4, -0.2) is 24.5 Å². The molecule has 1 aromatic heterocycles. The van der Waals surface area contributed by atoms with E-state index in [1.807, 2.05) is 12.1 Å². The largest absolute Gasteiger partial charge is 0.356 e. The lowest BCUT2D eigenvalue weighted by molar-refractivity contribution is 0.559. The molecule has 1 aliphatic carbocycles. The first-order chi connectivity index (χ1) is 12.0. The molecule has 1 saturated carbocycles. The minimum atomic E-state index is -0.117. The van der Waals surface area contributed by atoms with Crippen LogP contribution in [0.2, 0.25) is 0 Å². The molecule has 0 saturated heterocycles. The SMILES string of the molecule is CN=C(NCc1csc(C(C)C)n1)NCC1(c2ccccc2F)CC1. The van der Waals surface area contributed by atoms with E-state index < -0.39 is 0 Å². The van der Waals surface area contributed by atoms with E-state index in [0.29, 0.717) is 19.0 Å². The molecule has 1 heterocycles. The number of aliphatic imine (C=N–C) groups is 1. The molecular formula is C19H25FN4S. The highest BCUT2D eigenvalue weighted by molar-refractivity contribution is 7.09. The minimum absolute atomic E-state index is 0.103. The van der Waals surface area contributed by atoms with Crippen molar-refractivity contribution in [2.75, 3.05) is 13.6 Å². The van der Waals surface area contributed by atoms with E-state index >= 15 is 0 Å². The van der Waals surface area contributed by atoms with Gasteiger partial charge in [0, 0.05) is 30.3 Å². The lowest BCUT2D eigenvalue weighted by atomic mass is 9.95. The van der Waals surface area contributed by atoms with Crippen molar-refractivity contribution in [1.29, 1.82) is 0 Å². The normalized spacial score (nSPS) is 16.1. The van der Waals surface area contributed by atoms with Crippen LogP contribution >= 0.6 is 11.3 Å². The molecular weight excluding hydrogens is 335 g/mol. The average molecular weight is 361 g/mol. The fourth-order valence-electron chi connectivity index (χ4n) is 2.90. The number of nitrogens with one attached hydrogen (secondary N) is 2. The molecule has 0 atom stereocenters. The van der Waals surface area contributed by atoms with E-state index in [1.165, 1.54) is 6.07 Å². The van der Waals surface area contributed by atoms with Gasteiger partial charge in [-0.1, -0.05) is 32.0 Å². The van der Waals surface area contributed by atoms with Crippen LogP contribution in [0.15, 0.2) is 34.6 Å². The number of thiazole rings is 1. The first-order valence-corrected chi connectivity index (χ1v) is 9.56. The van der Waals surface area contributed by atoms with Crippen LogP contribution in [0.25, 0.3) is 0 Å². The van der Waals surface area contributed by atoms with Crippen molar-refractivity contribution >= 4 is 17.3 Å². The van der Waals surface area contributed by atoms with E-state index in [2.05, 4.69) is 39.8 Å². The van der Waals surface area contributed by atoms with Crippen molar-refractivity contribution in [3.63, 3.8) is 0 Å². The van der Waals surface area contributed by atoms with Gasteiger partial charge in [-0.05, 0) is 24.5 Å². The van der Waals surface area contributed by atoms with Gasteiger partial charge < -0.3 is 10.6 Å². The maximum atomic E-state index is 14.1. The number of nitrogens with zero attached hydrogens (tertiary/aromatic N) is 2.